The van der Waals surface area contributed by atoms with Crippen molar-refractivity contribution in [3.63, 3.8) is 0 Å². The molecule has 1 heterocycles. The predicted octanol–water partition coefficient (Wildman–Crippen LogP) is 1.30. The Morgan fingerprint density at radius 3 is 1.56 bits per heavy atom. The average Bonchev–Trinajstić information content (AvgIpc) is 2.10. The first-order valence-electron chi connectivity index (χ1n) is 1.78. The van der Waals surface area contributed by atoms with E-state index < -0.39 is 17.6 Å². The first kappa shape index (κ1) is 6.69. The van der Waals surface area contributed by atoms with Gasteiger partial charge in [0.2, 0.25) is 0 Å². The molecule has 0 aromatic heterocycles. The number of hydrogen-bond acceptors (Lipinski definition) is 2. The Morgan fingerprint density at radius 1 is 1.22 bits per heavy atom. The van der Waals surface area contributed by atoms with E-state index in [1.165, 1.54) is 0 Å². The Labute approximate surface area is 45.8 Å². The summed E-state index contributed by atoms with van der Waals surface area (Å²) >= 11 is 0. The minimum atomic E-state index is -5.09. The summed E-state index contributed by atoms with van der Waals surface area (Å²) in [6.45, 7) is 0. The summed E-state index contributed by atoms with van der Waals surface area (Å²) in [6.07, 6.45) is -9.23. The normalized spacial score (nSPS) is 32.3. The Kier molecular flexibility index (Phi) is 1.00. The quantitative estimate of drug-likeness (QED) is 0.293. The molecule has 0 N–H and O–H groups in total. The standard InChI is InChI=1S/C2F5NO/c3-1(4,5)8-2(6,7)9-8. The number of hydroxylamine groups is 2. The summed E-state index contributed by atoms with van der Waals surface area (Å²) in [5.41, 5.74) is 0. The third-order valence-electron chi connectivity index (χ3n) is 0.635. The van der Waals surface area contributed by atoms with Crippen molar-refractivity contribution >= 4 is 0 Å². The zero-order valence-electron chi connectivity index (χ0n) is 3.75. The Bertz CT molecular complexity index is 129. The van der Waals surface area contributed by atoms with Gasteiger partial charge in [-0.2, -0.15) is 26.8 Å². The second kappa shape index (κ2) is 1.35. The van der Waals surface area contributed by atoms with Crippen molar-refractivity contribution in [1.29, 1.82) is 0 Å². The molecule has 1 atom stereocenters. The summed E-state index contributed by atoms with van der Waals surface area (Å²) in [4.78, 5) is 2.84. The van der Waals surface area contributed by atoms with Gasteiger partial charge in [0.1, 0.15) is 0 Å². The molecule has 0 aromatic carbocycles. The molecule has 1 rings (SSSR count). The lowest BCUT2D eigenvalue weighted by atomic mass is 11.0. The first-order valence-corrected chi connectivity index (χ1v) is 1.78. The third-order valence-corrected chi connectivity index (χ3v) is 0.635. The third kappa shape index (κ3) is 1.11. The molecule has 0 radical (unpaired) electrons. The molecule has 7 heteroatoms. The van der Waals surface area contributed by atoms with Crippen LogP contribution in [0.2, 0.25) is 0 Å². The Hall–Kier alpha value is -0.430. The first-order chi connectivity index (χ1) is 3.84. The van der Waals surface area contributed by atoms with Gasteiger partial charge < -0.3 is 0 Å². The van der Waals surface area contributed by atoms with Gasteiger partial charge in [-0.25, -0.2) is 0 Å². The summed E-state index contributed by atoms with van der Waals surface area (Å²) in [5.74, 6) is 0. The second-order valence-electron chi connectivity index (χ2n) is 1.34. The Morgan fingerprint density at radius 2 is 1.56 bits per heavy atom. The maximum Gasteiger partial charge on any atom is 0.490 e. The van der Waals surface area contributed by atoms with Crippen molar-refractivity contribution in [2.24, 2.45) is 0 Å². The van der Waals surface area contributed by atoms with Crippen LogP contribution in [-0.4, -0.2) is 17.6 Å². The van der Waals surface area contributed by atoms with E-state index >= 15 is 0 Å². The van der Waals surface area contributed by atoms with Crippen LogP contribution in [0.15, 0.2) is 0 Å². The van der Waals surface area contributed by atoms with E-state index in [1.54, 1.807) is 0 Å². The maximum absolute atomic E-state index is 11.3. The molecule has 0 aliphatic carbocycles. The molecule has 9 heavy (non-hydrogen) atoms. The van der Waals surface area contributed by atoms with Gasteiger partial charge in [-0.3, -0.25) is 0 Å². The van der Waals surface area contributed by atoms with E-state index in [1.807, 2.05) is 0 Å². The molecule has 1 aliphatic rings. The fourth-order valence-corrected chi connectivity index (χ4v) is 0.289. The highest BCUT2D eigenvalue weighted by Crippen LogP contribution is 2.46. The van der Waals surface area contributed by atoms with E-state index in [0.29, 0.717) is 0 Å². The molecular formula is C2F5NO. The zero-order valence-corrected chi connectivity index (χ0v) is 3.75. The Balaban J connectivity index is 2.52. The summed E-state index contributed by atoms with van der Waals surface area (Å²) in [7, 11) is 0. The number of nitrogens with zero attached hydrogens (tertiary/aromatic N) is 1. The highest BCUT2D eigenvalue weighted by molar-refractivity contribution is 4.64. The summed E-state index contributed by atoms with van der Waals surface area (Å²) in [5, 5.41) is -1.33. The van der Waals surface area contributed by atoms with Gasteiger partial charge in [-0.05, 0) is 0 Å². The molecule has 0 aromatic rings. The van der Waals surface area contributed by atoms with Crippen molar-refractivity contribution in [1.82, 2.24) is 5.06 Å². The monoisotopic (exact) mass is 149 g/mol. The van der Waals surface area contributed by atoms with Gasteiger partial charge in [0, 0.05) is 5.06 Å². The highest BCUT2D eigenvalue weighted by atomic mass is 19.4. The number of rotatable bonds is 0. The lowest BCUT2D eigenvalue weighted by molar-refractivity contribution is -0.255. The molecular weight excluding hydrogens is 149 g/mol. The summed E-state index contributed by atoms with van der Waals surface area (Å²) in [6, 6.07) is 0. The van der Waals surface area contributed by atoms with Gasteiger partial charge in [0.25, 0.3) is 0 Å². The number of hydrogen-bond donors (Lipinski definition) is 0. The van der Waals surface area contributed by atoms with Gasteiger partial charge in [-0.15, -0.1) is 0 Å². The van der Waals surface area contributed by atoms with Crippen molar-refractivity contribution < 1.29 is 26.8 Å². The molecule has 0 spiro atoms. The average molecular weight is 149 g/mol. The lowest BCUT2D eigenvalue weighted by Crippen LogP contribution is -2.24. The van der Waals surface area contributed by atoms with Crippen LogP contribution in [0, 0.1) is 0 Å². The van der Waals surface area contributed by atoms with Gasteiger partial charge in [0.15, 0.2) is 0 Å². The van der Waals surface area contributed by atoms with Crippen LogP contribution in [-0.2, 0) is 4.84 Å². The van der Waals surface area contributed by atoms with Crippen molar-refractivity contribution in [2.45, 2.75) is 12.5 Å². The smallest absolute Gasteiger partial charge is 0.198 e. The van der Waals surface area contributed by atoms with Gasteiger partial charge >= 0.3 is 12.5 Å². The molecule has 2 nitrogen and oxygen atoms in total. The fourth-order valence-electron chi connectivity index (χ4n) is 0.289. The van der Waals surface area contributed by atoms with Gasteiger partial charge in [0.05, 0.1) is 0 Å². The van der Waals surface area contributed by atoms with E-state index in [-0.39, 0.29) is 0 Å². The van der Waals surface area contributed by atoms with Crippen molar-refractivity contribution in [2.75, 3.05) is 0 Å². The van der Waals surface area contributed by atoms with Gasteiger partial charge in [-0.1, -0.05) is 0 Å². The van der Waals surface area contributed by atoms with Crippen molar-refractivity contribution in [3.05, 3.63) is 0 Å². The largest absolute Gasteiger partial charge is 0.490 e. The van der Waals surface area contributed by atoms with Crippen LogP contribution >= 0.6 is 0 Å². The zero-order chi connectivity index (χ0) is 7.28. The van der Waals surface area contributed by atoms with Crippen LogP contribution in [0.3, 0.4) is 0 Å². The molecule has 1 saturated heterocycles. The predicted molar refractivity (Wildman–Crippen MR) is 13.9 cm³/mol. The van der Waals surface area contributed by atoms with Crippen LogP contribution in [0.4, 0.5) is 22.0 Å². The van der Waals surface area contributed by atoms with E-state index in [9.17, 15) is 22.0 Å². The minimum Gasteiger partial charge on any atom is -0.198 e. The van der Waals surface area contributed by atoms with Crippen LogP contribution in [0.25, 0.3) is 0 Å². The fraction of sp³-hybridized carbons (Fsp3) is 1.00. The van der Waals surface area contributed by atoms with Crippen LogP contribution in [0.5, 0.6) is 0 Å². The second-order valence-corrected chi connectivity index (χ2v) is 1.34. The number of alkyl halides is 5. The molecule has 54 valence electrons. The van der Waals surface area contributed by atoms with E-state index in [2.05, 4.69) is 4.84 Å². The minimum absolute atomic E-state index is 1.33. The summed E-state index contributed by atoms with van der Waals surface area (Å²) < 4.78 is 55.7. The maximum atomic E-state index is 11.3. The molecule has 1 unspecified atom stereocenters. The van der Waals surface area contributed by atoms with E-state index in [4.69, 9.17) is 0 Å². The highest BCUT2D eigenvalue weighted by Gasteiger charge is 2.71. The molecule has 0 saturated carbocycles. The molecule has 0 bridgehead atoms. The SMILES string of the molecule is FC(F)(F)N1OC1(F)F. The van der Waals surface area contributed by atoms with Crippen LogP contribution < -0.4 is 0 Å². The molecule has 0 amide bonds. The van der Waals surface area contributed by atoms with E-state index in [0.717, 1.165) is 0 Å². The van der Waals surface area contributed by atoms with Crippen LogP contribution in [0.1, 0.15) is 0 Å². The topological polar surface area (TPSA) is 15.5 Å². The molecule has 1 fully saturated rings. The van der Waals surface area contributed by atoms with Crippen molar-refractivity contribution in [3.8, 4) is 0 Å². The number of halogens is 5. The lowest BCUT2D eigenvalue weighted by Gasteiger charge is -1.98. The molecule has 1 aliphatic heterocycles.